The van der Waals surface area contributed by atoms with Crippen LogP contribution in [0.15, 0.2) is 42.5 Å². The van der Waals surface area contributed by atoms with Crippen LogP contribution >= 0.6 is 0 Å². The van der Waals surface area contributed by atoms with Gasteiger partial charge >= 0.3 is 0 Å². The van der Waals surface area contributed by atoms with E-state index in [1.807, 2.05) is 0 Å². The Kier molecular flexibility index (Phi) is 3.80. The summed E-state index contributed by atoms with van der Waals surface area (Å²) in [6.45, 7) is 4.77. The Labute approximate surface area is 112 Å². The molecule has 2 aromatic rings. The normalized spacial score (nSPS) is 10.2. The SMILES string of the molecule is Cc1cc(C)cc(NCc2ccc([N+](=O)[O-])cc2)c1. The van der Waals surface area contributed by atoms with Gasteiger partial charge in [0, 0.05) is 24.4 Å². The van der Waals surface area contributed by atoms with E-state index in [1.165, 1.54) is 23.3 Å². The van der Waals surface area contributed by atoms with Crippen molar-refractivity contribution in [2.24, 2.45) is 0 Å². The molecule has 2 aromatic carbocycles. The number of hydrogen-bond acceptors (Lipinski definition) is 3. The molecule has 0 radical (unpaired) electrons. The summed E-state index contributed by atoms with van der Waals surface area (Å²) in [5, 5.41) is 13.9. The molecule has 0 amide bonds. The number of aryl methyl sites for hydroxylation is 2. The van der Waals surface area contributed by atoms with Crippen molar-refractivity contribution in [1.82, 2.24) is 0 Å². The number of nitro benzene ring substituents is 1. The Morgan fingerprint density at radius 1 is 1.05 bits per heavy atom. The van der Waals surface area contributed by atoms with E-state index in [4.69, 9.17) is 0 Å². The van der Waals surface area contributed by atoms with Gasteiger partial charge in [0.1, 0.15) is 0 Å². The summed E-state index contributed by atoms with van der Waals surface area (Å²) in [5.41, 5.74) is 4.63. The number of nitro groups is 1. The summed E-state index contributed by atoms with van der Waals surface area (Å²) in [7, 11) is 0. The lowest BCUT2D eigenvalue weighted by molar-refractivity contribution is -0.384. The Morgan fingerprint density at radius 3 is 2.16 bits per heavy atom. The number of anilines is 1. The zero-order valence-electron chi connectivity index (χ0n) is 11.0. The zero-order chi connectivity index (χ0) is 13.8. The highest BCUT2D eigenvalue weighted by molar-refractivity contribution is 5.49. The van der Waals surface area contributed by atoms with Crippen LogP contribution in [-0.4, -0.2) is 4.92 Å². The van der Waals surface area contributed by atoms with Gasteiger partial charge in [0.05, 0.1) is 4.92 Å². The standard InChI is InChI=1S/C15H16N2O2/c1-11-7-12(2)9-14(8-11)16-10-13-3-5-15(6-4-13)17(18)19/h3-9,16H,10H2,1-2H3. The molecule has 4 nitrogen and oxygen atoms in total. The third-order valence-corrected chi connectivity index (χ3v) is 2.87. The first kappa shape index (κ1) is 13.1. The third kappa shape index (κ3) is 3.55. The van der Waals surface area contributed by atoms with E-state index in [0.717, 1.165) is 11.3 Å². The van der Waals surface area contributed by atoms with Gasteiger partial charge in [0.2, 0.25) is 0 Å². The molecule has 0 aliphatic rings. The minimum Gasteiger partial charge on any atom is -0.381 e. The first-order chi connectivity index (χ1) is 9.04. The molecule has 0 bridgehead atoms. The highest BCUT2D eigenvalue weighted by Gasteiger charge is 2.03. The van der Waals surface area contributed by atoms with Crippen molar-refractivity contribution in [3.05, 3.63) is 69.3 Å². The highest BCUT2D eigenvalue weighted by atomic mass is 16.6. The van der Waals surface area contributed by atoms with Crippen molar-refractivity contribution in [3.63, 3.8) is 0 Å². The summed E-state index contributed by atoms with van der Waals surface area (Å²) < 4.78 is 0. The van der Waals surface area contributed by atoms with Crippen LogP contribution in [0.25, 0.3) is 0 Å². The number of rotatable bonds is 4. The van der Waals surface area contributed by atoms with E-state index in [1.54, 1.807) is 12.1 Å². The van der Waals surface area contributed by atoms with Crippen molar-refractivity contribution in [1.29, 1.82) is 0 Å². The fourth-order valence-electron chi connectivity index (χ4n) is 2.02. The lowest BCUT2D eigenvalue weighted by Crippen LogP contribution is -2.00. The Hall–Kier alpha value is -2.36. The molecule has 19 heavy (non-hydrogen) atoms. The average molecular weight is 256 g/mol. The molecule has 0 aromatic heterocycles. The zero-order valence-corrected chi connectivity index (χ0v) is 11.0. The molecule has 0 fully saturated rings. The smallest absolute Gasteiger partial charge is 0.269 e. The van der Waals surface area contributed by atoms with Crippen LogP contribution in [0, 0.1) is 24.0 Å². The van der Waals surface area contributed by atoms with Crippen LogP contribution in [-0.2, 0) is 6.54 Å². The van der Waals surface area contributed by atoms with Crippen molar-refractivity contribution in [3.8, 4) is 0 Å². The maximum atomic E-state index is 10.6. The third-order valence-electron chi connectivity index (χ3n) is 2.87. The molecule has 0 heterocycles. The number of benzene rings is 2. The molecule has 98 valence electrons. The van der Waals surface area contributed by atoms with Gasteiger partial charge in [-0.1, -0.05) is 18.2 Å². The first-order valence-electron chi connectivity index (χ1n) is 6.10. The summed E-state index contributed by atoms with van der Waals surface area (Å²) in [6.07, 6.45) is 0. The fraction of sp³-hybridized carbons (Fsp3) is 0.200. The summed E-state index contributed by atoms with van der Waals surface area (Å²) in [4.78, 5) is 10.2. The second-order valence-corrected chi connectivity index (χ2v) is 4.65. The minimum atomic E-state index is -0.388. The maximum Gasteiger partial charge on any atom is 0.269 e. The summed E-state index contributed by atoms with van der Waals surface area (Å²) >= 11 is 0. The Bertz CT molecular complexity index is 571. The van der Waals surface area contributed by atoms with Gasteiger partial charge in [0.25, 0.3) is 5.69 Å². The van der Waals surface area contributed by atoms with Crippen LogP contribution < -0.4 is 5.32 Å². The van der Waals surface area contributed by atoms with E-state index in [2.05, 4.69) is 37.4 Å². The van der Waals surface area contributed by atoms with Crippen LogP contribution in [0.1, 0.15) is 16.7 Å². The van der Waals surface area contributed by atoms with E-state index in [0.29, 0.717) is 6.54 Å². The van der Waals surface area contributed by atoms with Gasteiger partial charge < -0.3 is 5.32 Å². The average Bonchev–Trinajstić information content (AvgIpc) is 2.36. The predicted octanol–water partition coefficient (Wildman–Crippen LogP) is 3.82. The molecule has 1 N–H and O–H groups in total. The predicted molar refractivity (Wildman–Crippen MR) is 76.3 cm³/mol. The lowest BCUT2D eigenvalue weighted by atomic mass is 10.1. The van der Waals surface area contributed by atoms with Crippen LogP contribution in [0.3, 0.4) is 0 Å². The second kappa shape index (κ2) is 5.52. The molecule has 2 rings (SSSR count). The van der Waals surface area contributed by atoms with Gasteiger partial charge in [-0.25, -0.2) is 0 Å². The van der Waals surface area contributed by atoms with Gasteiger partial charge in [-0.3, -0.25) is 10.1 Å². The van der Waals surface area contributed by atoms with Crippen molar-refractivity contribution in [2.45, 2.75) is 20.4 Å². The second-order valence-electron chi connectivity index (χ2n) is 4.65. The highest BCUT2D eigenvalue weighted by Crippen LogP contribution is 2.16. The summed E-state index contributed by atoms with van der Waals surface area (Å²) in [6, 6.07) is 12.9. The van der Waals surface area contributed by atoms with Crippen LogP contribution in [0.5, 0.6) is 0 Å². The molecular formula is C15H16N2O2. The van der Waals surface area contributed by atoms with Crippen molar-refractivity contribution in [2.75, 3.05) is 5.32 Å². The number of nitrogens with zero attached hydrogens (tertiary/aromatic N) is 1. The summed E-state index contributed by atoms with van der Waals surface area (Å²) in [5.74, 6) is 0. The van der Waals surface area contributed by atoms with Gasteiger partial charge in [-0.15, -0.1) is 0 Å². The first-order valence-corrected chi connectivity index (χ1v) is 6.10. The largest absolute Gasteiger partial charge is 0.381 e. The quantitative estimate of drug-likeness (QED) is 0.668. The molecule has 0 atom stereocenters. The Morgan fingerprint density at radius 2 is 1.63 bits per heavy atom. The van der Waals surface area contributed by atoms with Crippen LogP contribution in [0.2, 0.25) is 0 Å². The topological polar surface area (TPSA) is 55.2 Å². The minimum absolute atomic E-state index is 0.121. The number of nitrogens with one attached hydrogen (secondary N) is 1. The molecule has 4 heteroatoms. The van der Waals surface area contributed by atoms with Gasteiger partial charge in [-0.05, 0) is 42.7 Å². The monoisotopic (exact) mass is 256 g/mol. The lowest BCUT2D eigenvalue weighted by Gasteiger charge is -2.08. The molecule has 0 aliphatic heterocycles. The van der Waals surface area contributed by atoms with Gasteiger partial charge in [-0.2, -0.15) is 0 Å². The molecule has 0 saturated heterocycles. The maximum absolute atomic E-state index is 10.6. The number of non-ortho nitro benzene ring substituents is 1. The van der Waals surface area contributed by atoms with E-state index in [-0.39, 0.29) is 10.6 Å². The van der Waals surface area contributed by atoms with Crippen molar-refractivity contribution < 1.29 is 4.92 Å². The van der Waals surface area contributed by atoms with E-state index >= 15 is 0 Å². The number of hydrogen-bond donors (Lipinski definition) is 1. The molecule has 0 spiro atoms. The van der Waals surface area contributed by atoms with Crippen LogP contribution in [0.4, 0.5) is 11.4 Å². The van der Waals surface area contributed by atoms with E-state index < -0.39 is 0 Å². The fourth-order valence-corrected chi connectivity index (χ4v) is 2.02. The van der Waals surface area contributed by atoms with E-state index in [9.17, 15) is 10.1 Å². The molecule has 0 aliphatic carbocycles. The molecular weight excluding hydrogens is 240 g/mol. The Balaban J connectivity index is 2.03. The van der Waals surface area contributed by atoms with Crippen molar-refractivity contribution >= 4 is 11.4 Å². The molecule has 0 unspecified atom stereocenters. The van der Waals surface area contributed by atoms with Gasteiger partial charge in [0.15, 0.2) is 0 Å². The molecule has 0 saturated carbocycles.